The van der Waals surface area contributed by atoms with Crippen molar-refractivity contribution < 1.29 is 5.11 Å². The first-order chi connectivity index (χ1) is 17.6. The van der Waals surface area contributed by atoms with E-state index in [0.717, 1.165) is 55.5 Å². The first kappa shape index (κ1) is 32.8. The first-order valence-electron chi connectivity index (χ1n) is 12.9. The number of aliphatic hydroxyl groups is 1. The Balaban J connectivity index is 0.00000178. The number of H-pyrrole nitrogens is 1. The van der Waals surface area contributed by atoms with Crippen molar-refractivity contribution >= 4 is 37.2 Å². The smallest absolute Gasteiger partial charge is 0.137 e. The molecule has 1 fully saturated rings. The molecule has 39 heavy (non-hydrogen) atoms. The molecular formula is C31H39Cl3N4O. The maximum absolute atomic E-state index is 11.0. The number of nitrogens with one attached hydrogen (secondary N) is 1. The third-order valence-corrected chi connectivity index (χ3v) is 7.30. The third kappa shape index (κ3) is 8.31. The Kier molecular flexibility index (Phi) is 13.0. The van der Waals surface area contributed by atoms with Gasteiger partial charge < -0.3 is 10.1 Å². The van der Waals surface area contributed by atoms with Crippen LogP contribution in [0, 0.1) is 13.8 Å². The molecular weight excluding hydrogens is 551 g/mol. The van der Waals surface area contributed by atoms with E-state index in [9.17, 15) is 5.11 Å². The van der Waals surface area contributed by atoms with Crippen molar-refractivity contribution in [2.75, 3.05) is 39.3 Å². The molecule has 1 atom stereocenters. The van der Waals surface area contributed by atoms with Gasteiger partial charge in [0, 0.05) is 56.4 Å². The van der Waals surface area contributed by atoms with Gasteiger partial charge in [-0.1, -0.05) is 90.5 Å². The van der Waals surface area contributed by atoms with E-state index < -0.39 is 6.10 Å². The summed E-state index contributed by atoms with van der Waals surface area (Å²) in [7, 11) is 0. The van der Waals surface area contributed by atoms with Crippen LogP contribution in [0.5, 0.6) is 0 Å². The lowest BCUT2D eigenvalue weighted by Gasteiger charge is -2.37. The minimum Gasteiger partial charge on any atom is -0.385 e. The molecule has 0 amide bonds. The molecule has 1 saturated heterocycles. The summed E-state index contributed by atoms with van der Waals surface area (Å²) in [5, 5.41) is 11.0. The second-order valence-electron chi connectivity index (χ2n) is 9.95. The quantitative estimate of drug-likeness (QED) is 0.248. The molecule has 5 rings (SSSR count). The normalized spacial score (nSPS) is 14.7. The van der Waals surface area contributed by atoms with Crippen LogP contribution in [0.25, 0.3) is 11.4 Å². The van der Waals surface area contributed by atoms with Crippen LogP contribution in [-0.2, 0) is 0 Å². The fourth-order valence-electron chi connectivity index (χ4n) is 5.16. The van der Waals surface area contributed by atoms with Crippen molar-refractivity contribution in [3.8, 4) is 11.4 Å². The summed E-state index contributed by atoms with van der Waals surface area (Å²) in [6.45, 7) is 9.57. The molecule has 1 aromatic heterocycles. The summed E-state index contributed by atoms with van der Waals surface area (Å²) >= 11 is 0. The Hall–Kier alpha value is -2.38. The van der Waals surface area contributed by atoms with Gasteiger partial charge in [0.2, 0.25) is 0 Å². The lowest BCUT2D eigenvalue weighted by molar-refractivity contribution is 0.0696. The third-order valence-electron chi connectivity index (χ3n) is 7.30. The van der Waals surface area contributed by atoms with Crippen molar-refractivity contribution in [1.29, 1.82) is 0 Å². The highest BCUT2D eigenvalue weighted by Crippen LogP contribution is 2.27. The number of hydrogen-bond donors (Lipinski definition) is 2. The number of imidazole rings is 1. The Morgan fingerprint density at radius 2 is 1.21 bits per heavy atom. The fourth-order valence-corrected chi connectivity index (χ4v) is 5.16. The summed E-state index contributed by atoms with van der Waals surface area (Å²) < 4.78 is 0. The number of piperazine rings is 1. The minimum atomic E-state index is -0.603. The average Bonchev–Trinajstić information content (AvgIpc) is 3.31. The highest BCUT2D eigenvalue weighted by molar-refractivity contribution is 5.86. The van der Waals surface area contributed by atoms with Gasteiger partial charge in [0.1, 0.15) is 11.9 Å². The number of aromatic amines is 1. The van der Waals surface area contributed by atoms with Gasteiger partial charge in [0.25, 0.3) is 0 Å². The van der Waals surface area contributed by atoms with E-state index in [-0.39, 0.29) is 37.2 Å². The highest BCUT2D eigenvalue weighted by atomic mass is 35.5. The molecule has 0 aliphatic carbocycles. The minimum absolute atomic E-state index is 0. The van der Waals surface area contributed by atoms with E-state index in [4.69, 9.17) is 4.98 Å². The number of β-amino-alcohol motifs (C(OH)–C–C–N with tert-alkyl or cyclic N) is 1. The van der Waals surface area contributed by atoms with Crippen LogP contribution >= 0.6 is 37.2 Å². The van der Waals surface area contributed by atoms with Gasteiger partial charge in [-0.2, -0.15) is 0 Å². The molecule has 2 heterocycles. The summed E-state index contributed by atoms with van der Waals surface area (Å²) in [4.78, 5) is 13.0. The van der Waals surface area contributed by atoms with E-state index in [2.05, 4.69) is 107 Å². The first-order valence-corrected chi connectivity index (χ1v) is 12.9. The van der Waals surface area contributed by atoms with Crippen molar-refractivity contribution in [2.45, 2.75) is 25.9 Å². The Morgan fingerprint density at radius 1 is 0.718 bits per heavy atom. The molecule has 3 aromatic carbocycles. The van der Waals surface area contributed by atoms with Crippen molar-refractivity contribution in [1.82, 2.24) is 19.8 Å². The highest BCUT2D eigenvalue weighted by Gasteiger charge is 2.25. The van der Waals surface area contributed by atoms with Crippen molar-refractivity contribution in [3.63, 3.8) is 0 Å². The molecule has 1 unspecified atom stereocenters. The van der Waals surface area contributed by atoms with Crippen LogP contribution < -0.4 is 0 Å². The van der Waals surface area contributed by atoms with Gasteiger partial charge >= 0.3 is 0 Å². The predicted molar refractivity (Wildman–Crippen MR) is 168 cm³/mol. The molecule has 0 saturated carbocycles. The number of aliphatic hydroxyl groups excluding tert-OH is 1. The molecule has 2 N–H and O–H groups in total. The summed E-state index contributed by atoms with van der Waals surface area (Å²) in [5.41, 5.74) is 6.67. The maximum atomic E-state index is 11.0. The SMILES string of the molecule is Cc1ccc(-c2nc(C(O)CN3CCN(CC(c4ccccc4)c4ccccc4)CC3)c(C)[nH]2)cc1.Cl.Cl.Cl. The number of nitrogens with zero attached hydrogens (tertiary/aromatic N) is 3. The van der Waals surface area contributed by atoms with E-state index in [1.165, 1.54) is 16.7 Å². The van der Waals surface area contributed by atoms with E-state index in [0.29, 0.717) is 12.5 Å². The van der Waals surface area contributed by atoms with Gasteiger partial charge in [-0.15, -0.1) is 37.2 Å². The van der Waals surface area contributed by atoms with Crippen LogP contribution in [0.15, 0.2) is 84.9 Å². The van der Waals surface area contributed by atoms with E-state index in [1.54, 1.807) is 0 Å². The Bertz CT molecular complexity index is 1200. The monoisotopic (exact) mass is 588 g/mol. The van der Waals surface area contributed by atoms with Gasteiger partial charge in [-0.05, 0) is 25.0 Å². The summed E-state index contributed by atoms with van der Waals surface area (Å²) in [6, 6.07) is 30.0. The fraction of sp³-hybridized carbons (Fsp3) is 0.323. The topological polar surface area (TPSA) is 55.4 Å². The Morgan fingerprint density at radius 3 is 1.72 bits per heavy atom. The average molecular weight is 590 g/mol. The predicted octanol–water partition coefficient (Wildman–Crippen LogP) is 6.44. The molecule has 0 spiro atoms. The lowest BCUT2D eigenvalue weighted by Crippen LogP contribution is -2.48. The number of hydrogen-bond acceptors (Lipinski definition) is 4. The van der Waals surface area contributed by atoms with E-state index in [1.807, 2.05) is 6.92 Å². The number of aromatic nitrogens is 2. The number of benzene rings is 3. The second-order valence-corrected chi connectivity index (χ2v) is 9.95. The zero-order chi connectivity index (χ0) is 24.9. The molecule has 8 heteroatoms. The van der Waals surface area contributed by atoms with Gasteiger partial charge in [-0.25, -0.2) is 4.98 Å². The van der Waals surface area contributed by atoms with Crippen LogP contribution in [0.4, 0.5) is 0 Å². The molecule has 210 valence electrons. The maximum Gasteiger partial charge on any atom is 0.137 e. The largest absolute Gasteiger partial charge is 0.385 e. The Labute approximate surface area is 250 Å². The van der Waals surface area contributed by atoms with Gasteiger partial charge in [-0.3, -0.25) is 9.80 Å². The number of halogens is 3. The molecule has 0 bridgehead atoms. The summed E-state index contributed by atoms with van der Waals surface area (Å²) in [5.74, 6) is 1.18. The van der Waals surface area contributed by atoms with E-state index >= 15 is 0 Å². The zero-order valence-corrected chi connectivity index (χ0v) is 24.9. The molecule has 5 nitrogen and oxygen atoms in total. The second kappa shape index (κ2) is 15.4. The summed E-state index contributed by atoms with van der Waals surface area (Å²) in [6.07, 6.45) is -0.603. The zero-order valence-electron chi connectivity index (χ0n) is 22.5. The van der Waals surface area contributed by atoms with Crippen LogP contribution in [0.1, 0.15) is 40.1 Å². The molecule has 1 aliphatic rings. The van der Waals surface area contributed by atoms with Crippen LogP contribution in [0.2, 0.25) is 0 Å². The van der Waals surface area contributed by atoms with Gasteiger partial charge in [0.05, 0.1) is 5.69 Å². The molecule has 4 aromatic rings. The van der Waals surface area contributed by atoms with Gasteiger partial charge in [0.15, 0.2) is 0 Å². The van der Waals surface area contributed by atoms with Crippen LogP contribution in [-0.4, -0.2) is 64.1 Å². The van der Waals surface area contributed by atoms with Crippen molar-refractivity contribution in [2.24, 2.45) is 0 Å². The molecule has 0 radical (unpaired) electrons. The molecule has 1 aliphatic heterocycles. The standard InChI is InChI=1S/C31H36N4O.3ClH/c1-23-13-15-27(16-14-23)31-32-24(2)30(33-31)29(36)22-35-19-17-34(18-20-35)21-28(25-9-5-3-6-10-25)26-11-7-4-8-12-26;;;/h3-16,28-29,36H,17-22H2,1-2H3,(H,32,33);3*1H. The number of rotatable bonds is 8. The van der Waals surface area contributed by atoms with Crippen LogP contribution in [0.3, 0.4) is 0 Å². The van der Waals surface area contributed by atoms with Crippen molar-refractivity contribution in [3.05, 3.63) is 113 Å². The lowest BCUT2D eigenvalue weighted by atomic mass is 9.90. The number of aryl methyl sites for hydroxylation is 2.